The number of hydrogen-bond donors (Lipinski definition) is 0. The minimum atomic E-state index is -5.95. The Morgan fingerprint density at radius 2 is 1.15 bits per heavy atom. The Morgan fingerprint density at radius 3 is 1.55 bits per heavy atom. The van der Waals surface area contributed by atoms with E-state index in [0.717, 1.165) is 12.1 Å². The van der Waals surface area contributed by atoms with Gasteiger partial charge >= 0.3 is 12.4 Å². The number of rotatable bonds is 11. The van der Waals surface area contributed by atoms with E-state index in [4.69, 9.17) is 41.7 Å². The second kappa shape index (κ2) is 14.5. The van der Waals surface area contributed by atoms with Gasteiger partial charge < -0.3 is 19.3 Å². The van der Waals surface area contributed by atoms with Crippen LogP contribution in [0.1, 0.15) is 16.7 Å². The molecule has 0 saturated heterocycles. The molecule has 3 aromatic rings. The molecule has 0 unspecified atom stereocenters. The Bertz CT molecular complexity index is 1780. The Morgan fingerprint density at radius 1 is 0.702 bits per heavy atom. The van der Waals surface area contributed by atoms with Gasteiger partial charge in [-0.2, -0.15) is 26.3 Å². The molecule has 5 nitrogen and oxygen atoms in total. The molecule has 0 aromatic heterocycles. The molecule has 11 heteroatoms. The van der Waals surface area contributed by atoms with E-state index in [2.05, 4.69) is 28.5 Å². The first-order chi connectivity index (χ1) is 22.2. The zero-order valence-corrected chi connectivity index (χ0v) is 25.3. The van der Waals surface area contributed by atoms with Crippen LogP contribution in [0.25, 0.3) is 4.85 Å². The Kier molecular flexibility index (Phi) is 11.0. The number of nitrogens with zero attached hydrogens (tertiary/aromatic N) is 3. The number of alkyl halides is 6. The number of anilines is 2. The summed E-state index contributed by atoms with van der Waals surface area (Å²) >= 11 is 0. The van der Waals surface area contributed by atoms with Gasteiger partial charge in [0, 0.05) is 0 Å². The molecule has 0 atom stereocenters. The number of para-hydroxylation sites is 1. The maximum Gasteiger partial charge on any atom is 0.411 e. The predicted octanol–water partition coefficient (Wildman–Crippen LogP) is 7.90. The van der Waals surface area contributed by atoms with Crippen molar-refractivity contribution in [2.75, 3.05) is 43.1 Å². The fraction of sp³-hybridized carbons (Fsp3) is 0.250. The van der Waals surface area contributed by atoms with Crippen molar-refractivity contribution >= 4 is 17.1 Å². The van der Waals surface area contributed by atoms with E-state index in [1.807, 2.05) is 0 Å². The highest BCUT2D eigenvalue weighted by Gasteiger charge is 2.72. The lowest BCUT2D eigenvalue weighted by Crippen LogP contribution is -2.55. The van der Waals surface area contributed by atoms with Crippen molar-refractivity contribution in [2.24, 2.45) is 0 Å². The van der Waals surface area contributed by atoms with Crippen LogP contribution in [0.4, 0.5) is 43.4 Å². The monoisotopic (exact) mass is 647 g/mol. The van der Waals surface area contributed by atoms with Gasteiger partial charge in [-0.3, -0.25) is 0 Å². The van der Waals surface area contributed by atoms with Gasteiger partial charge in [-0.05, 0) is 53.9 Å². The van der Waals surface area contributed by atoms with E-state index in [1.165, 1.54) is 23.0 Å². The van der Waals surface area contributed by atoms with Crippen LogP contribution in [0.5, 0.6) is 17.2 Å². The number of halogens is 6. The number of aryl methyl sites for hydroxylation is 1. The van der Waals surface area contributed by atoms with Crippen molar-refractivity contribution in [2.45, 2.75) is 24.7 Å². The second-order valence-corrected chi connectivity index (χ2v) is 9.98. The summed E-state index contributed by atoms with van der Waals surface area (Å²) in [4.78, 5) is 5.90. The molecule has 0 aliphatic rings. The van der Waals surface area contributed by atoms with Gasteiger partial charge in [0.2, 0.25) is 11.1 Å². The van der Waals surface area contributed by atoms with Gasteiger partial charge in [0.15, 0.2) is 0 Å². The Hall–Kier alpha value is -5.83. The van der Waals surface area contributed by atoms with Gasteiger partial charge in [0.1, 0.15) is 17.2 Å². The lowest BCUT2D eigenvalue weighted by molar-refractivity contribution is -0.288. The second-order valence-electron chi connectivity index (χ2n) is 9.98. The highest BCUT2D eigenvalue weighted by molar-refractivity contribution is 5.69. The summed E-state index contributed by atoms with van der Waals surface area (Å²) < 4.78 is 103. The maximum absolute atomic E-state index is 15.3. The van der Waals surface area contributed by atoms with Crippen LogP contribution in [0.2, 0.25) is 0 Å². The lowest BCUT2D eigenvalue weighted by Gasteiger charge is -2.39. The molecule has 0 spiro atoms. The molecule has 3 rings (SSSR count). The van der Waals surface area contributed by atoms with Crippen molar-refractivity contribution in [3.8, 4) is 66.6 Å². The molecule has 0 saturated carbocycles. The molecule has 3 aromatic carbocycles. The highest BCUT2D eigenvalue weighted by atomic mass is 19.4. The molecule has 0 heterocycles. The average molecular weight is 648 g/mol. The summed E-state index contributed by atoms with van der Waals surface area (Å²) in [7, 11) is 1.20. The molecule has 47 heavy (non-hydrogen) atoms. The standard InChI is InChI=1S/C36H27F6N3O2/c1-8-19-44(20-9-2)28-23-26(15-17-30(28)46-7)34(35(37,38)39,36(40,41)42)27-16-18-31(29(24-27)45(21-10-3)22-11-4)47-32-14-12-13-25(5)33(32)43-6/h1-4,12-18,23-24H,19-22H2,5,7H3. The summed E-state index contributed by atoms with van der Waals surface area (Å²) in [5.41, 5.74) is -6.78. The van der Waals surface area contributed by atoms with Crippen LogP contribution in [-0.2, 0) is 5.41 Å². The van der Waals surface area contributed by atoms with Crippen LogP contribution < -0.4 is 19.3 Å². The maximum atomic E-state index is 15.3. The minimum absolute atomic E-state index is 0.0233. The normalized spacial score (nSPS) is 11.2. The van der Waals surface area contributed by atoms with Crippen LogP contribution in [0.3, 0.4) is 0 Å². The van der Waals surface area contributed by atoms with Gasteiger partial charge in [0.25, 0.3) is 0 Å². The Balaban J connectivity index is 2.47. The zero-order chi connectivity index (χ0) is 35.0. The number of methoxy groups -OCH3 is 1. The van der Waals surface area contributed by atoms with Gasteiger partial charge in [-0.15, -0.1) is 25.7 Å². The van der Waals surface area contributed by atoms with Crippen molar-refractivity contribution in [1.29, 1.82) is 0 Å². The van der Waals surface area contributed by atoms with E-state index in [0.29, 0.717) is 29.8 Å². The fourth-order valence-electron chi connectivity index (χ4n) is 5.11. The fourth-order valence-corrected chi connectivity index (χ4v) is 5.11. The van der Waals surface area contributed by atoms with Crippen molar-refractivity contribution in [1.82, 2.24) is 0 Å². The summed E-state index contributed by atoms with van der Waals surface area (Å²) in [6, 6.07) is 9.38. The third kappa shape index (κ3) is 6.89. The number of hydrogen-bond acceptors (Lipinski definition) is 4. The first-order valence-electron chi connectivity index (χ1n) is 13.6. The van der Waals surface area contributed by atoms with Crippen molar-refractivity contribution in [3.63, 3.8) is 0 Å². The van der Waals surface area contributed by atoms with Gasteiger partial charge in [-0.25, -0.2) is 4.85 Å². The van der Waals surface area contributed by atoms with Crippen LogP contribution >= 0.6 is 0 Å². The molecule has 0 bridgehead atoms. The highest BCUT2D eigenvalue weighted by Crippen LogP contribution is 2.58. The smallest absolute Gasteiger partial charge is 0.411 e. The molecule has 0 radical (unpaired) electrons. The number of terminal acetylenes is 4. The zero-order valence-electron chi connectivity index (χ0n) is 25.3. The van der Waals surface area contributed by atoms with Crippen LogP contribution in [0, 0.1) is 62.9 Å². The molecular weight excluding hydrogens is 620 g/mol. The molecule has 0 amide bonds. The van der Waals surface area contributed by atoms with Crippen LogP contribution in [0.15, 0.2) is 54.6 Å². The average Bonchev–Trinajstić information content (AvgIpc) is 3.00. The van der Waals surface area contributed by atoms with Gasteiger partial charge in [-0.1, -0.05) is 47.9 Å². The molecule has 0 aliphatic carbocycles. The number of ether oxygens (including phenoxy) is 2. The minimum Gasteiger partial charge on any atom is -0.495 e. The lowest BCUT2D eigenvalue weighted by atomic mass is 9.72. The van der Waals surface area contributed by atoms with E-state index >= 15 is 26.3 Å². The van der Waals surface area contributed by atoms with Crippen molar-refractivity contribution in [3.05, 3.63) is 82.7 Å². The van der Waals surface area contributed by atoms with Crippen molar-refractivity contribution < 1.29 is 35.8 Å². The van der Waals surface area contributed by atoms with E-state index < -0.39 is 28.9 Å². The topological polar surface area (TPSA) is 29.3 Å². The summed E-state index contributed by atoms with van der Waals surface area (Å²) in [5, 5.41) is 0. The summed E-state index contributed by atoms with van der Waals surface area (Å²) in [6.07, 6.45) is 9.91. The molecule has 0 aliphatic heterocycles. The largest absolute Gasteiger partial charge is 0.495 e. The first-order valence-corrected chi connectivity index (χ1v) is 13.6. The summed E-state index contributed by atoms with van der Waals surface area (Å²) in [6.45, 7) is 8.13. The predicted molar refractivity (Wildman–Crippen MR) is 170 cm³/mol. The van der Waals surface area contributed by atoms with Crippen LogP contribution in [-0.4, -0.2) is 45.6 Å². The van der Waals surface area contributed by atoms with Gasteiger partial charge in [0.05, 0.1) is 51.2 Å². The third-order valence-electron chi connectivity index (χ3n) is 7.20. The molecular formula is C36H27F6N3O2. The molecule has 0 N–H and O–H groups in total. The number of benzene rings is 3. The quantitative estimate of drug-likeness (QED) is 0.120. The van der Waals surface area contributed by atoms with E-state index in [-0.39, 0.29) is 60.5 Å². The molecule has 240 valence electrons. The summed E-state index contributed by atoms with van der Waals surface area (Å²) in [5.74, 6) is 9.00. The van der Waals surface area contributed by atoms with E-state index in [9.17, 15) is 0 Å². The molecule has 0 fully saturated rings. The SMILES string of the molecule is [C-]#[N+]c1c(C)cccc1Oc1ccc(C(c2ccc(OC)c(N(CC#C)CC#C)c2)(C(F)(F)F)C(F)(F)F)cc1N(CC#C)CC#C. The Labute approximate surface area is 269 Å². The third-order valence-corrected chi connectivity index (χ3v) is 7.20. The van der Waals surface area contributed by atoms with E-state index in [1.54, 1.807) is 19.1 Å². The first kappa shape index (κ1) is 35.6.